The van der Waals surface area contributed by atoms with Crippen LogP contribution >= 0.6 is 11.6 Å². The number of rotatable bonds is 6. The lowest BCUT2D eigenvalue weighted by atomic mass is 10.1. The summed E-state index contributed by atoms with van der Waals surface area (Å²) in [6.07, 6.45) is 1.38. The monoisotopic (exact) mass is 303 g/mol. The van der Waals surface area contributed by atoms with Crippen LogP contribution in [-0.2, 0) is 9.47 Å². The summed E-state index contributed by atoms with van der Waals surface area (Å²) >= 11 is 6.10. The van der Waals surface area contributed by atoms with E-state index in [9.17, 15) is 9.59 Å². The first-order chi connectivity index (χ1) is 9.46. The third kappa shape index (κ3) is 3.47. The zero-order valence-electron chi connectivity index (χ0n) is 11.9. The van der Waals surface area contributed by atoms with Gasteiger partial charge in [0.25, 0.3) is 0 Å². The fourth-order valence-corrected chi connectivity index (χ4v) is 2.02. The van der Waals surface area contributed by atoms with Crippen molar-refractivity contribution >= 4 is 23.5 Å². The number of methoxy groups -OCH3 is 2. The maximum atomic E-state index is 11.8. The van der Waals surface area contributed by atoms with Crippen LogP contribution in [0, 0.1) is 0 Å². The molecule has 0 radical (unpaired) electrons. The summed E-state index contributed by atoms with van der Waals surface area (Å²) in [7, 11) is 2.43. The molecule has 0 spiro atoms. The van der Waals surface area contributed by atoms with Crippen LogP contribution in [-0.4, -0.2) is 46.5 Å². The fourth-order valence-electron chi connectivity index (χ4n) is 1.76. The highest BCUT2D eigenvalue weighted by Gasteiger charge is 2.29. The molecule has 2 atom stereocenters. The minimum Gasteiger partial charge on any atom is -0.464 e. The summed E-state index contributed by atoms with van der Waals surface area (Å²) in [5.74, 6) is -1.42. The van der Waals surface area contributed by atoms with Crippen LogP contribution in [0.25, 0.3) is 0 Å². The molecule has 1 aromatic heterocycles. The number of esters is 2. The molecular weight excluding hydrogens is 286 g/mol. The number of hydrogen-bond acceptors (Lipinski definition) is 6. The second kappa shape index (κ2) is 7.23. The predicted octanol–water partition coefficient (Wildman–Crippen LogP) is 1.82. The van der Waals surface area contributed by atoms with E-state index in [-0.39, 0.29) is 22.8 Å². The maximum Gasteiger partial charge on any atom is 0.361 e. The van der Waals surface area contributed by atoms with Gasteiger partial charge in [0.05, 0.1) is 20.3 Å². The Labute approximate surface area is 122 Å². The quantitative estimate of drug-likeness (QED) is 0.589. The lowest BCUT2D eigenvalue weighted by Gasteiger charge is -2.16. The number of alkyl halides is 1. The van der Waals surface area contributed by atoms with E-state index in [1.807, 2.05) is 13.8 Å². The average molecular weight is 304 g/mol. The molecule has 0 fully saturated rings. The van der Waals surface area contributed by atoms with Crippen molar-refractivity contribution in [3.63, 3.8) is 0 Å². The average Bonchev–Trinajstić information content (AvgIpc) is 2.90. The highest BCUT2D eigenvalue weighted by molar-refractivity contribution is 6.20. The number of ether oxygens (including phenoxy) is 2. The highest BCUT2D eigenvalue weighted by Crippen LogP contribution is 2.21. The maximum absolute atomic E-state index is 11.8. The zero-order chi connectivity index (χ0) is 15.3. The van der Waals surface area contributed by atoms with Crippen LogP contribution < -0.4 is 0 Å². The molecule has 1 rings (SSSR count). The molecule has 7 nitrogen and oxygen atoms in total. The van der Waals surface area contributed by atoms with Gasteiger partial charge in [-0.1, -0.05) is 12.1 Å². The van der Waals surface area contributed by atoms with Crippen molar-refractivity contribution in [3.05, 3.63) is 11.4 Å². The summed E-state index contributed by atoms with van der Waals surface area (Å²) in [5, 5.41) is 7.50. The molecule has 0 aliphatic heterocycles. The Morgan fingerprint density at radius 2 is 1.90 bits per heavy atom. The summed E-state index contributed by atoms with van der Waals surface area (Å²) in [5.41, 5.74) is -0.180. The summed E-state index contributed by atoms with van der Waals surface area (Å²) < 4.78 is 10.6. The first-order valence-corrected chi connectivity index (χ1v) is 6.65. The summed E-state index contributed by atoms with van der Waals surface area (Å²) in [6, 6.07) is -0.197. The Kier molecular flexibility index (Phi) is 5.94. The van der Waals surface area contributed by atoms with Crippen LogP contribution in [0.4, 0.5) is 0 Å². The topological polar surface area (TPSA) is 83.3 Å². The Bertz CT molecular complexity index is 489. The standard InChI is InChI=1S/C12H18ClN3O4/c1-5-8(13)6-7(2)16-10(12(18)20-4)9(14-15-16)11(17)19-3/h7-8H,5-6H2,1-4H3. The van der Waals surface area contributed by atoms with Gasteiger partial charge >= 0.3 is 11.9 Å². The summed E-state index contributed by atoms with van der Waals surface area (Å²) in [6.45, 7) is 3.81. The molecule has 112 valence electrons. The van der Waals surface area contributed by atoms with E-state index in [1.165, 1.54) is 18.9 Å². The van der Waals surface area contributed by atoms with Crippen molar-refractivity contribution < 1.29 is 19.1 Å². The number of aromatic nitrogens is 3. The molecule has 0 aromatic carbocycles. The van der Waals surface area contributed by atoms with Crippen LogP contribution in [0.3, 0.4) is 0 Å². The van der Waals surface area contributed by atoms with E-state index in [2.05, 4.69) is 19.8 Å². The Hall–Kier alpha value is -1.63. The van der Waals surface area contributed by atoms with Gasteiger partial charge in [-0.05, 0) is 19.8 Å². The van der Waals surface area contributed by atoms with Crippen molar-refractivity contribution in [1.29, 1.82) is 0 Å². The molecule has 1 heterocycles. The number of nitrogens with zero attached hydrogens (tertiary/aromatic N) is 3. The third-order valence-electron chi connectivity index (χ3n) is 2.91. The molecule has 2 unspecified atom stereocenters. The van der Waals surface area contributed by atoms with Gasteiger partial charge in [0.2, 0.25) is 5.69 Å². The van der Waals surface area contributed by atoms with E-state index >= 15 is 0 Å². The first-order valence-electron chi connectivity index (χ1n) is 6.22. The second-order valence-corrected chi connectivity index (χ2v) is 4.92. The number of halogens is 1. The normalized spacial score (nSPS) is 13.7. The fraction of sp³-hybridized carbons (Fsp3) is 0.667. The van der Waals surface area contributed by atoms with Crippen molar-refractivity contribution in [2.75, 3.05) is 14.2 Å². The van der Waals surface area contributed by atoms with Crippen LogP contribution in [0.1, 0.15) is 53.7 Å². The van der Waals surface area contributed by atoms with Crippen molar-refractivity contribution in [1.82, 2.24) is 15.0 Å². The number of carbonyl (C=O) groups excluding carboxylic acids is 2. The van der Waals surface area contributed by atoms with Gasteiger partial charge in [0.15, 0.2) is 5.69 Å². The molecule has 8 heteroatoms. The van der Waals surface area contributed by atoms with Gasteiger partial charge < -0.3 is 9.47 Å². The van der Waals surface area contributed by atoms with E-state index in [0.717, 1.165) is 6.42 Å². The zero-order valence-corrected chi connectivity index (χ0v) is 12.7. The SMILES string of the molecule is CCC(Cl)CC(C)n1nnc(C(=O)OC)c1C(=O)OC. The number of carbonyl (C=O) groups is 2. The van der Waals surface area contributed by atoms with E-state index in [1.54, 1.807) is 0 Å². The summed E-state index contributed by atoms with van der Waals surface area (Å²) in [4.78, 5) is 23.4. The van der Waals surface area contributed by atoms with E-state index < -0.39 is 11.9 Å². The van der Waals surface area contributed by atoms with Gasteiger partial charge in [-0.25, -0.2) is 14.3 Å². The molecule has 0 saturated carbocycles. The van der Waals surface area contributed by atoms with Crippen molar-refractivity contribution in [2.24, 2.45) is 0 Å². The van der Waals surface area contributed by atoms with Crippen LogP contribution in [0.5, 0.6) is 0 Å². The van der Waals surface area contributed by atoms with E-state index in [0.29, 0.717) is 6.42 Å². The lowest BCUT2D eigenvalue weighted by molar-refractivity contribution is 0.0541. The smallest absolute Gasteiger partial charge is 0.361 e. The van der Waals surface area contributed by atoms with Crippen molar-refractivity contribution in [3.8, 4) is 0 Å². The van der Waals surface area contributed by atoms with Gasteiger partial charge in [0, 0.05) is 5.38 Å². The molecule has 0 saturated heterocycles. The highest BCUT2D eigenvalue weighted by atomic mass is 35.5. The van der Waals surface area contributed by atoms with Crippen LogP contribution in [0.2, 0.25) is 0 Å². The van der Waals surface area contributed by atoms with E-state index in [4.69, 9.17) is 11.6 Å². The molecule has 20 heavy (non-hydrogen) atoms. The minimum absolute atomic E-state index is 0.0215. The third-order valence-corrected chi connectivity index (χ3v) is 3.40. The Morgan fingerprint density at radius 1 is 1.30 bits per heavy atom. The molecule has 0 bridgehead atoms. The van der Waals surface area contributed by atoms with Crippen LogP contribution in [0.15, 0.2) is 0 Å². The molecule has 0 aliphatic rings. The Balaban J connectivity index is 3.16. The van der Waals surface area contributed by atoms with Gasteiger partial charge in [-0.15, -0.1) is 16.7 Å². The second-order valence-electron chi connectivity index (χ2n) is 4.30. The molecule has 1 aromatic rings. The van der Waals surface area contributed by atoms with Gasteiger partial charge in [-0.2, -0.15) is 0 Å². The molecule has 0 amide bonds. The molecule has 0 N–H and O–H groups in total. The molecule has 0 aliphatic carbocycles. The predicted molar refractivity (Wildman–Crippen MR) is 72.0 cm³/mol. The van der Waals surface area contributed by atoms with Crippen molar-refractivity contribution in [2.45, 2.75) is 38.1 Å². The Morgan fingerprint density at radius 3 is 2.40 bits per heavy atom. The van der Waals surface area contributed by atoms with Gasteiger partial charge in [-0.3, -0.25) is 0 Å². The van der Waals surface area contributed by atoms with Gasteiger partial charge in [0.1, 0.15) is 0 Å². The lowest BCUT2D eigenvalue weighted by Crippen LogP contribution is -2.20. The first kappa shape index (κ1) is 16.4. The number of hydrogen-bond donors (Lipinski definition) is 0. The minimum atomic E-state index is -0.734. The molecular formula is C12H18ClN3O4. The largest absolute Gasteiger partial charge is 0.464 e.